The predicted molar refractivity (Wildman–Crippen MR) is 45.2 cm³/mol. The van der Waals surface area contributed by atoms with Crippen LogP contribution in [0.1, 0.15) is 17.6 Å². The van der Waals surface area contributed by atoms with Crippen LogP contribution in [-0.4, -0.2) is 9.91 Å². The monoisotopic (exact) mass is 213 g/mol. The van der Waals surface area contributed by atoms with Gasteiger partial charge >= 0.3 is 5.82 Å². The molecule has 5 nitrogen and oxygen atoms in total. The van der Waals surface area contributed by atoms with Crippen LogP contribution in [-0.2, 0) is 6.42 Å². The lowest BCUT2D eigenvalue weighted by Gasteiger charge is -2.00. The zero-order chi connectivity index (χ0) is 11.4. The number of halogens is 2. The smallest absolute Gasteiger partial charge is 0.358 e. The summed E-state index contributed by atoms with van der Waals surface area (Å²) in [5, 5.41) is 18.8. The Labute approximate surface area is 83.1 Å². The number of nitrogens with zero attached hydrogens (tertiary/aromatic N) is 3. The van der Waals surface area contributed by atoms with Gasteiger partial charge in [-0.1, -0.05) is 0 Å². The summed E-state index contributed by atoms with van der Waals surface area (Å²) in [5.74, 6) is -0.555. The van der Waals surface area contributed by atoms with Crippen molar-refractivity contribution in [2.45, 2.75) is 12.8 Å². The van der Waals surface area contributed by atoms with E-state index in [0.29, 0.717) is 0 Å². The molecule has 0 bridgehead atoms. The van der Waals surface area contributed by atoms with Gasteiger partial charge in [-0.15, -0.1) is 0 Å². The minimum absolute atomic E-state index is 0.0969. The molecular weight excluding hydrogens is 208 g/mol. The summed E-state index contributed by atoms with van der Waals surface area (Å²) in [4.78, 5) is 12.9. The Morgan fingerprint density at radius 2 is 2.33 bits per heavy atom. The zero-order valence-corrected chi connectivity index (χ0v) is 7.35. The summed E-state index contributed by atoms with van der Waals surface area (Å²) in [7, 11) is 0. The van der Waals surface area contributed by atoms with Crippen LogP contribution < -0.4 is 0 Å². The third-order valence-electron chi connectivity index (χ3n) is 1.66. The lowest BCUT2D eigenvalue weighted by molar-refractivity contribution is -0.390. The molecule has 78 valence electrons. The quantitative estimate of drug-likeness (QED) is 0.568. The Balaban J connectivity index is 3.21. The fraction of sp³-hybridized carbons (Fsp3) is 0.250. The summed E-state index contributed by atoms with van der Waals surface area (Å²) >= 11 is 0. The summed E-state index contributed by atoms with van der Waals surface area (Å²) in [6.07, 6.45) is -2.33. The van der Waals surface area contributed by atoms with E-state index in [1.165, 1.54) is 0 Å². The van der Waals surface area contributed by atoms with Crippen LogP contribution in [0.15, 0.2) is 12.3 Å². The molecule has 15 heavy (non-hydrogen) atoms. The second kappa shape index (κ2) is 4.41. The first-order valence-corrected chi connectivity index (χ1v) is 3.84. The molecule has 0 aliphatic rings. The summed E-state index contributed by atoms with van der Waals surface area (Å²) in [6.45, 7) is 0. The van der Waals surface area contributed by atoms with E-state index in [0.717, 1.165) is 12.3 Å². The molecule has 1 heterocycles. The maximum atomic E-state index is 12.2. The summed E-state index contributed by atoms with van der Waals surface area (Å²) < 4.78 is 24.5. The van der Waals surface area contributed by atoms with Crippen LogP contribution in [0.5, 0.6) is 0 Å². The number of rotatable bonds is 3. The van der Waals surface area contributed by atoms with E-state index in [-0.39, 0.29) is 12.0 Å². The standard InChI is InChI=1S/C8H5F2N3O2/c9-7(10)6-3-5(1-2-11)8(12-4-6)13(14)15/h3-4,7H,1H2. The second-order valence-electron chi connectivity index (χ2n) is 2.64. The average Bonchev–Trinajstić information content (AvgIpc) is 2.17. The Morgan fingerprint density at radius 3 is 2.80 bits per heavy atom. The molecule has 0 unspecified atom stereocenters. The molecular formula is C8H5F2N3O2. The van der Waals surface area contributed by atoms with Crippen molar-refractivity contribution in [3.63, 3.8) is 0 Å². The molecule has 0 spiro atoms. The predicted octanol–water partition coefficient (Wildman–Crippen LogP) is 1.99. The SMILES string of the molecule is N#CCc1cc(C(F)F)cnc1[N+](=O)[O-]. The molecule has 0 aliphatic heterocycles. The first kappa shape index (κ1) is 11.0. The molecule has 1 aromatic rings. The molecule has 1 rings (SSSR count). The fourth-order valence-electron chi connectivity index (χ4n) is 1.02. The van der Waals surface area contributed by atoms with Crippen molar-refractivity contribution in [1.82, 2.24) is 4.98 Å². The van der Waals surface area contributed by atoms with Crippen molar-refractivity contribution < 1.29 is 13.7 Å². The Kier molecular flexibility index (Phi) is 3.23. The fourth-order valence-corrected chi connectivity index (χ4v) is 1.02. The van der Waals surface area contributed by atoms with Gasteiger partial charge in [-0.25, -0.2) is 8.78 Å². The van der Waals surface area contributed by atoms with E-state index in [1.807, 2.05) is 0 Å². The topological polar surface area (TPSA) is 79.8 Å². The van der Waals surface area contributed by atoms with E-state index < -0.39 is 22.7 Å². The van der Waals surface area contributed by atoms with Gasteiger partial charge in [-0.3, -0.25) is 0 Å². The van der Waals surface area contributed by atoms with E-state index in [1.54, 1.807) is 6.07 Å². The molecule has 0 atom stereocenters. The molecule has 0 aromatic carbocycles. The van der Waals surface area contributed by atoms with Crippen LogP contribution in [0.4, 0.5) is 14.6 Å². The molecule has 0 saturated heterocycles. The van der Waals surface area contributed by atoms with Crippen molar-refractivity contribution >= 4 is 5.82 Å². The van der Waals surface area contributed by atoms with E-state index in [9.17, 15) is 18.9 Å². The van der Waals surface area contributed by atoms with Crippen molar-refractivity contribution in [1.29, 1.82) is 5.26 Å². The Hall–Kier alpha value is -2.10. The molecule has 0 N–H and O–H groups in total. The molecule has 0 fully saturated rings. The van der Waals surface area contributed by atoms with Gasteiger partial charge in [0, 0.05) is 0 Å². The number of aromatic nitrogens is 1. The van der Waals surface area contributed by atoms with Gasteiger partial charge in [-0.2, -0.15) is 5.26 Å². The third-order valence-corrected chi connectivity index (χ3v) is 1.66. The number of alkyl halides is 2. The maximum absolute atomic E-state index is 12.2. The molecule has 0 amide bonds. The largest absolute Gasteiger partial charge is 0.367 e. The van der Waals surface area contributed by atoms with Crippen LogP contribution in [0.3, 0.4) is 0 Å². The highest BCUT2D eigenvalue weighted by Gasteiger charge is 2.19. The molecule has 7 heteroatoms. The first-order chi connectivity index (χ1) is 7.06. The van der Waals surface area contributed by atoms with Gasteiger partial charge in [0.15, 0.2) is 0 Å². The van der Waals surface area contributed by atoms with Crippen molar-refractivity contribution in [2.75, 3.05) is 0 Å². The molecule has 0 radical (unpaired) electrons. The molecule has 0 aliphatic carbocycles. The highest BCUT2D eigenvalue weighted by atomic mass is 19.3. The molecule has 1 aromatic heterocycles. The Morgan fingerprint density at radius 1 is 1.67 bits per heavy atom. The first-order valence-electron chi connectivity index (χ1n) is 3.84. The average molecular weight is 213 g/mol. The highest BCUT2D eigenvalue weighted by Crippen LogP contribution is 2.23. The van der Waals surface area contributed by atoms with E-state index in [4.69, 9.17) is 5.26 Å². The van der Waals surface area contributed by atoms with Crippen LogP contribution >= 0.6 is 0 Å². The normalized spacial score (nSPS) is 10.0. The maximum Gasteiger partial charge on any atom is 0.367 e. The lowest BCUT2D eigenvalue weighted by atomic mass is 10.1. The number of pyridine rings is 1. The van der Waals surface area contributed by atoms with Crippen molar-refractivity contribution in [3.8, 4) is 6.07 Å². The third kappa shape index (κ3) is 2.43. The van der Waals surface area contributed by atoms with Crippen LogP contribution in [0.2, 0.25) is 0 Å². The number of nitro groups is 1. The molecule has 0 saturated carbocycles. The van der Waals surface area contributed by atoms with Gasteiger partial charge in [0.1, 0.15) is 6.20 Å². The number of hydrogen-bond acceptors (Lipinski definition) is 4. The van der Waals surface area contributed by atoms with Gasteiger partial charge in [0.25, 0.3) is 6.43 Å². The highest BCUT2D eigenvalue weighted by molar-refractivity contribution is 5.37. The van der Waals surface area contributed by atoms with Crippen molar-refractivity contribution in [2.24, 2.45) is 0 Å². The minimum Gasteiger partial charge on any atom is -0.358 e. The van der Waals surface area contributed by atoms with Gasteiger partial charge in [0.2, 0.25) is 0 Å². The van der Waals surface area contributed by atoms with Crippen molar-refractivity contribution in [3.05, 3.63) is 33.5 Å². The van der Waals surface area contributed by atoms with Crippen LogP contribution in [0.25, 0.3) is 0 Å². The summed E-state index contributed by atoms with van der Waals surface area (Å²) in [6, 6.07) is 2.59. The lowest BCUT2D eigenvalue weighted by Crippen LogP contribution is -2.00. The zero-order valence-electron chi connectivity index (χ0n) is 7.35. The van der Waals surface area contributed by atoms with E-state index >= 15 is 0 Å². The summed E-state index contributed by atoms with van der Waals surface area (Å²) in [5.41, 5.74) is -0.522. The van der Waals surface area contributed by atoms with Gasteiger partial charge < -0.3 is 10.1 Å². The van der Waals surface area contributed by atoms with E-state index in [2.05, 4.69) is 4.98 Å². The van der Waals surface area contributed by atoms with Gasteiger partial charge in [0.05, 0.1) is 23.6 Å². The Bertz CT molecular complexity index is 428. The van der Waals surface area contributed by atoms with Gasteiger partial charge in [-0.05, 0) is 16.0 Å². The van der Waals surface area contributed by atoms with Crippen LogP contribution in [0, 0.1) is 21.4 Å². The number of hydrogen-bond donors (Lipinski definition) is 0. The number of nitriles is 1. The second-order valence-corrected chi connectivity index (χ2v) is 2.64. The minimum atomic E-state index is -2.75.